The maximum Gasteiger partial charge on any atom is 0.303 e. The lowest BCUT2D eigenvalue weighted by atomic mass is 9.89. The average molecular weight is 369 g/mol. The molecule has 4 atom stereocenters. The Morgan fingerprint density at radius 2 is 1.81 bits per heavy atom. The van der Waals surface area contributed by atoms with E-state index >= 15 is 0 Å². The van der Waals surface area contributed by atoms with Crippen LogP contribution in [-0.4, -0.2) is 47.2 Å². The van der Waals surface area contributed by atoms with Crippen molar-refractivity contribution in [2.75, 3.05) is 13.7 Å². The molecule has 1 rings (SSSR count). The van der Waals surface area contributed by atoms with E-state index in [0.29, 0.717) is 12.8 Å². The quantitative estimate of drug-likeness (QED) is 0.321. The number of carboxylic acid groups (broad SMARTS) is 1. The minimum atomic E-state index is -0.755. The van der Waals surface area contributed by atoms with Crippen LogP contribution in [-0.2, 0) is 9.53 Å². The Morgan fingerprint density at radius 1 is 1.08 bits per heavy atom. The highest BCUT2D eigenvalue weighted by molar-refractivity contribution is 5.66. The topological polar surface area (TPSA) is 87.0 Å². The van der Waals surface area contributed by atoms with Gasteiger partial charge in [0.1, 0.15) is 0 Å². The normalized spacial score (nSPS) is 26.3. The molecule has 0 saturated heterocycles. The van der Waals surface area contributed by atoms with E-state index in [0.717, 1.165) is 44.9 Å². The Bertz CT molecular complexity index is 432. The summed E-state index contributed by atoms with van der Waals surface area (Å²) in [5.74, 6) is -0.383. The van der Waals surface area contributed by atoms with Crippen molar-refractivity contribution in [3.63, 3.8) is 0 Å². The number of ether oxygens (including phenoxy) is 1. The Balaban J connectivity index is 2.42. The number of carbonyl (C=O) groups is 1. The minimum Gasteiger partial charge on any atom is -0.481 e. The van der Waals surface area contributed by atoms with Gasteiger partial charge in [0.15, 0.2) is 0 Å². The first-order valence-corrected chi connectivity index (χ1v) is 9.95. The van der Waals surface area contributed by atoms with Gasteiger partial charge in [0.2, 0.25) is 0 Å². The molecule has 1 aliphatic carbocycles. The SMILES string of the molecule is CO[C@@H]1C[C@H](O)C(C/C=C/CCCC(=O)O)[C@H]1/C=C/CCCCCCO. The second-order valence-corrected chi connectivity index (χ2v) is 7.17. The molecule has 150 valence electrons. The van der Waals surface area contributed by atoms with Gasteiger partial charge in [0.05, 0.1) is 12.2 Å². The number of hydrogen-bond donors (Lipinski definition) is 3. The van der Waals surface area contributed by atoms with Gasteiger partial charge in [0, 0.05) is 32.5 Å². The number of carboxylic acids is 1. The summed E-state index contributed by atoms with van der Waals surface area (Å²) in [4.78, 5) is 10.5. The van der Waals surface area contributed by atoms with E-state index in [-0.39, 0.29) is 37.1 Å². The molecule has 1 fully saturated rings. The second kappa shape index (κ2) is 14.0. The zero-order valence-electron chi connectivity index (χ0n) is 16.1. The van der Waals surface area contributed by atoms with Gasteiger partial charge in [-0.05, 0) is 44.4 Å². The van der Waals surface area contributed by atoms with E-state index in [2.05, 4.69) is 18.2 Å². The van der Waals surface area contributed by atoms with Gasteiger partial charge >= 0.3 is 5.97 Å². The van der Waals surface area contributed by atoms with Crippen molar-refractivity contribution >= 4 is 5.97 Å². The fraction of sp³-hybridized carbons (Fsp3) is 0.762. The third-order valence-electron chi connectivity index (χ3n) is 5.17. The van der Waals surface area contributed by atoms with Crippen LogP contribution in [0.25, 0.3) is 0 Å². The van der Waals surface area contributed by atoms with Crippen molar-refractivity contribution in [1.82, 2.24) is 0 Å². The molecule has 0 heterocycles. The largest absolute Gasteiger partial charge is 0.481 e. The summed E-state index contributed by atoms with van der Waals surface area (Å²) in [5, 5.41) is 27.8. The lowest BCUT2D eigenvalue weighted by Crippen LogP contribution is -2.21. The van der Waals surface area contributed by atoms with Crippen molar-refractivity contribution in [3.8, 4) is 0 Å². The number of aliphatic hydroxyl groups is 2. The van der Waals surface area contributed by atoms with Crippen molar-refractivity contribution in [2.45, 2.75) is 76.4 Å². The summed E-state index contributed by atoms with van der Waals surface area (Å²) in [7, 11) is 1.71. The maximum absolute atomic E-state index is 10.5. The molecule has 0 bridgehead atoms. The standard InChI is InChI=1S/C21H36O5/c1-26-20-16-19(23)17(12-8-5-6-10-14-21(24)25)18(20)13-9-4-2-3-7-11-15-22/h5,8-9,13,17-20,22-23H,2-4,6-7,10-12,14-16H2,1H3,(H,24,25)/b8-5+,13-9+/t17?,18-,19+,20-/m1/s1. The van der Waals surface area contributed by atoms with Crippen LogP contribution in [0.1, 0.15) is 64.2 Å². The molecule has 26 heavy (non-hydrogen) atoms. The molecule has 0 radical (unpaired) electrons. The fourth-order valence-electron chi connectivity index (χ4n) is 3.66. The summed E-state index contributed by atoms with van der Waals surface area (Å²) < 4.78 is 5.58. The van der Waals surface area contributed by atoms with Crippen LogP contribution >= 0.6 is 0 Å². The van der Waals surface area contributed by atoms with Crippen molar-refractivity contribution in [2.24, 2.45) is 11.8 Å². The molecule has 3 N–H and O–H groups in total. The Morgan fingerprint density at radius 3 is 2.50 bits per heavy atom. The number of hydrogen-bond acceptors (Lipinski definition) is 4. The van der Waals surface area contributed by atoms with E-state index in [4.69, 9.17) is 14.9 Å². The Labute approximate surface area is 157 Å². The van der Waals surface area contributed by atoms with Crippen molar-refractivity contribution in [3.05, 3.63) is 24.3 Å². The van der Waals surface area contributed by atoms with Crippen LogP contribution < -0.4 is 0 Å². The lowest BCUT2D eigenvalue weighted by molar-refractivity contribution is -0.137. The third-order valence-corrected chi connectivity index (χ3v) is 5.17. The number of rotatable bonds is 14. The molecule has 1 saturated carbocycles. The van der Waals surface area contributed by atoms with Gasteiger partial charge in [-0.1, -0.05) is 37.1 Å². The maximum atomic E-state index is 10.5. The van der Waals surface area contributed by atoms with Gasteiger partial charge in [-0.3, -0.25) is 4.79 Å². The molecule has 1 unspecified atom stereocenters. The molecule has 0 aromatic rings. The van der Waals surface area contributed by atoms with Gasteiger partial charge in [-0.15, -0.1) is 0 Å². The molecule has 0 aliphatic heterocycles. The van der Waals surface area contributed by atoms with E-state index in [1.165, 1.54) is 0 Å². The zero-order chi connectivity index (χ0) is 19.2. The Kier molecular flexibility index (Phi) is 12.3. The third kappa shape index (κ3) is 8.97. The molecule has 0 aromatic carbocycles. The summed E-state index contributed by atoms with van der Waals surface area (Å²) in [6.07, 6.45) is 16.5. The highest BCUT2D eigenvalue weighted by atomic mass is 16.5. The smallest absolute Gasteiger partial charge is 0.303 e. The summed E-state index contributed by atoms with van der Waals surface area (Å²) in [6, 6.07) is 0. The molecule has 5 heteroatoms. The molecular formula is C21H36O5. The van der Waals surface area contributed by atoms with Gasteiger partial charge in [0.25, 0.3) is 0 Å². The number of allylic oxidation sites excluding steroid dienone is 3. The fourth-order valence-corrected chi connectivity index (χ4v) is 3.66. The van der Waals surface area contributed by atoms with Crippen molar-refractivity contribution in [1.29, 1.82) is 0 Å². The van der Waals surface area contributed by atoms with Crippen LogP contribution in [0, 0.1) is 11.8 Å². The molecule has 0 amide bonds. The number of aliphatic carboxylic acids is 1. The number of methoxy groups -OCH3 is 1. The molecule has 0 aromatic heterocycles. The summed E-state index contributed by atoms with van der Waals surface area (Å²) in [5.41, 5.74) is 0. The van der Waals surface area contributed by atoms with Gasteiger partial charge in [-0.25, -0.2) is 0 Å². The number of unbranched alkanes of at least 4 members (excludes halogenated alkanes) is 5. The van der Waals surface area contributed by atoms with Gasteiger partial charge in [-0.2, -0.15) is 0 Å². The van der Waals surface area contributed by atoms with E-state index < -0.39 is 5.97 Å². The van der Waals surface area contributed by atoms with E-state index in [1.807, 2.05) is 6.08 Å². The minimum absolute atomic E-state index is 0.0565. The summed E-state index contributed by atoms with van der Waals surface area (Å²) >= 11 is 0. The van der Waals surface area contributed by atoms with Crippen LogP contribution in [0.2, 0.25) is 0 Å². The van der Waals surface area contributed by atoms with E-state index in [1.54, 1.807) is 7.11 Å². The highest BCUT2D eigenvalue weighted by Crippen LogP contribution is 2.38. The lowest BCUT2D eigenvalue weighted by Gasteiger charge is -2.20. The molecule has 5 nitrogen and oxygen atoms in total. The van der Waals surface area contributed by atoms with Crippen LogP contribution in [0.3, 0.4) is 0 Å². The van der Waals surface area contributed by atoms with Crippen LogP contribution in [0.15, 0.2) is 24.3 Å². The average Bonchev–Trinajstić information content (AvgIpc) is 2.92. The zero-order valence-corrected chi connectivity index (χ0v) is 16.1. The predicted molar refractivity (Wildman–Crippen MR) is 103 cm³/mol. The highest BCUT2D eigenvalue weighted by Gasteiger charge is 2.40. The van der Waals surface area contributed by atoms with Gasteiger partial charge < -0.3 is 20.1 Å². The molecule has 0 spiro atoms. The van der Waals surface area contributed by atoms with Crippen LogP contribution in [0.4, 0.5) is 0 Å². The summed E-state index contributed by atoms with van der Waals surface area (Å²) in [6.45, 7) is 0.275. The molecular weight excluding hydrogens is 332 g/mol. The van der Waals surface area contributed by atoms with E-state index in [9.17, 15) is 9.90 Å². The van der Waals surface area contributed by atoms with Crippen molar-refractivity contribution < 1.29 is 24.9 Å². The Hall–Kier alpha value is -1.17. The first-order chi connectivity index (χ1) is 12.6. The first-order valence-electron chi connectivity index (χ1n) is 9.95. The second-order valence-electron chi connectivity index (χ2n) is 7.17. The predicted octanol–water partition coefficient (Wildman–Crippen LogP) is 3.70. The first kappa shape index (κ1) is 22.9. The number of aliphatic hydroxyl groups excluding tert-OH is 2. The monoisotopic (exact) mass is 368 g/mol. The molecule has 1 aliphatic rings. The van der Waals surface area contributed by atoms with Crippen LogP contribution in [0.5, 0.6) is 0 Å².